The summed E-state index contributed by atoms with van der Waals surface area (Å²) in [4.78, 5) is 0. The fraction of sp³-hybridized carbons (Fsp3) is 0.500. The molecule has 1 aliphatic heterocycles. The topological polar surface area (TPSA) is 21.3 Å². The van der Waals surface area contributed by atoms with Crippen LogP contribution >= 0.6 is 0 Å². The molecule has 1 aliphatic rings. The molecule has 1 aromatic rings. The lowest BCUT2D eigenvalue weighted by Crippen LogP contribution is -2.18. The maximum absolute atomic E-state index is 5.54. The molecule has 2 rings (SSSR count). The van der Waals surface area contributed by atoms with Crippen LogP contribution < -0.4 is 5.32 Å². The van der Waals surface area contributed by atoms with E-state index in [0.717, 1.165) is 13.2 Å². The standard InChI is InChI=1S/C12H17NO/c1-10-4-2-5-11(8-10)13-9-12-6-3-7-14-12/h2,4-5,8,12-13H,3,6-7,9H2,1H3/t12-/m1/s1. The van der Waals surface area contributed by atoms with E-state index in [1.54, 1.807) is 0 Å². The van der Waals surface area contributed by atoms with E-state index in [9.17, 15) is 0 Å². The summed E-state index contributed by atoms with van der Waals surface area (Å²) in [5.41, 5.74) is 2.49. The van der Waals surface area contributed by atoms with Crippen LogP contribution in [0.2, 0.25) is 0 Å². The first kappa shape index (κ1) is 9.53. The molecule has 14 heavy (non-hydrogen) atoms. The van der Waals surface area contributed by atoms with Crippen LogP contribution in [-0.2, 0) is 4.74 Å². The molecule has 2 nitrogen and oxygen atoms in total. The Hall–Kier alpha value is -1.02. The summed E-state index contributed by atoms with van der Waals surface area (Å²) in [6.45, 7) is 3.97. The van der Waals surface area contributed by atoms with Crippen LogP contribution in [0.15, 0.2) is 24.3 Å². The van der Waals surface area contributed by atoms with Gasteiger partial charge in [0, 0.05) is 18.8 Å². The van der Waals surface area contributed by atoms with Gasteiger partial charge in [0.25, 0.3) is 0 Å². The zero-order valence-corrected chi connectivity index (χ0v) is 8.62. The Kier molecular flexibility index (Phi) is 3.04. The molecule has 0 spiro atoms. The van der Waals surface area contributed by atoms with Crippen LogP contribution in [0.5, 0.6) is 0 Å². The highest BCUT2D eigenvalue weighted by molar-refractivity contribution is 5.45. The highest BCUT2D eigenvalue weighted by Crippen LogP contribution is 2.14. The van der Waals surface area contributed by atoms with Gasteiger partial charge in [0.05, 0.1) is 6.10 Å². The Morgan fingerprint density at radius 3 is 3.14 bits per heavy atom. The first-order valence-corrected chi connectivity index (χ1v) is 5.27. The minimum atomic E-state index is 0.413. The highest BCUT2D eigenvalue weighted by Gasteiger charge is 2.14. The highest BCUT2D eigenvalue weighted by atomic mass is 16.5. The van der Waals surface area contributed by atoms with Crippen molar-refractivity contribution in [3.05, 3.63) is 29.8 Å². The lowest BCUT2D eigenvalue weighted by molar-refractivity contribution is 0.120. The molecule has 1 aromatic carbocycles. The van der Waals surface area contributed by atoms with E-state index >= 15 is 0 Å². The number of rotatable bonds is 3. The zero-order valence-electron chi connectivity index (χ0n) is 8.62. The maximum atomic E-state index is 5.54. The third-order valence-corrected chi connectivity index (χ3v) is 2.58. The fourth-order valence-corrected chi connectivity index (χ4v) is 1.79. The van der Waals surface area contributed by atoms with Crippen molar-refractivity contribution in [2.75, 3.05) is 18.5 Å². The van der Waals surface area contributed by atoms with Crippen molar-refractivity contribution in [1.82, 2.24) is 0 Å². The van der Waals surface area contributed by atoms with Gasteiger partial charge >= 0.3 is 0 Å². The van der Waals surface area contributed by atoms with E-state index in [1.165, 1.54) is 24.1 Å². The van der Waals surface area contributed by atoms with Crippen molar-refractivity contribution in [3.8, 4) is 0 Å². The number of nitrogens with one attached hydrogen (secondary N) is 1. The quantitative estimate of drug-likeness (QED) is 0.793. The molecular formula is C12H17NO. The van der Waals surface area contributed by atoms with Gasteiger partial charge in [0.15, 0.2) is 0 Å². The number of aryl methyl sites for hydroxylation is 1. The third kappa shape index (κ3) is 2.48. The number of hydrogen-bond donors (Lipinski definition) is 1. The van der Waals surface area contributed by atoms with Gasteiger partial charge in [0.2, 0.25) is 0 Å². The molecule has 0 radical (unpaired) electrons. The average molecular weight is 191 g/mol. The second kappa shape index (κ2) is 4.47. The minimum absolute atomic E-state index is 0.413. The van der Waals surface area contributed by atoms with Crippen molar-refractivity contribution in [1.29, 1.82) is 0 Å². The number of benzene rings is 1. The van der Waals surface area contributed by atoms with E-state index in [0.29, 0.717) is 6.10 Å². The first-order valence-electron chi connectivity index (χ1n) is 5.27. The zero-order chi connectivity index (χ0) is 9.80. The van der Waals surface area contributed by atoms with Crippen LogP contribution in [-0.4, -0.2) is 19.3 Å². The Morgan fingerprint density at radius 2 is 2.43 bits per heavy atom. The summed E-state index contributed by atoms with van der Waals surface area (Å²) < 4.78 is 5.54. The lowest BCUT2D eigenvalue weighted by atomic mass is 10.2. The molecule has 1 saturated heterocycles. The Balaban J connectivity index is 1.85. The van der Waals surface area contributed by atoms with E-state index in [1.807, 2.05) is 0 Å². The fourth-order valence-electron chi connectivity index (χ4n) is 1.79. The summed E-state index contributed by atoms with van der Waals surface area (Å²) in [5, 5.41) is 3.40. The molecule has 1 fully saturated rings. The van der Waals surface area contributed by atoms with Gasteiger partial charge in [-0.2, -0.15) is 0 Å². The van der Waals surface area contributed by atoms with Crippen LogP contribution in [0, 0.1) is 6.92 Å². The van der Waals surface area contributed by atoms with Gasteiger partial charge in [-0.1, -0.05) is 12.1 Å². The predicted molar refractivity (Wildman–Crippen MR) is 58.6 cm³/mol. The molecule has 0 saturated carbocycles. The van der Waals surface area contributed by atoms with Crippen molar-refractivity contribution in [2.24, 2.45) is 0 Å². The smallest absolute Gasteiger partial charge is 0.0748 e. The lowest BCUT2D eigenvalue weighted by Gasteiger charge is -2.12. The largest absolute Gasteiger partial charge is 0.382 e. The van der Waals surface area contributed by atoms with Crippen LogP contribution in [0.4, 0.5) is 5.69 Å². The molecule has 1 atom stereocenters. The number of ether oxygens (including phenoxy) is 1. The normalized spacial score (nSPS) is 21.1. The maximum Gasteiger partial charge on any atom is 0.0748 e. The third-order valence-electron chi connectivity index (χ3n) is 2.58. The van der Waals surface area contributed by atoms with Gasteiger partial charge in [-0.05, 0) is 37.5 Å². The monoisotopic (exact) mass is 191 g/mol. The van der Waals surface area contributed by atoms with E-state index in [4.69, 9.17) is 4.74 Å². The predicted octanol–water partition coefficient (Wildman–Crippen LogP) is 2.59. The van der Waals surface area contributed by atoms with Gasteiger partial charge in [-0.3, -0.25) is 0 Å². The molecular weight excluding hydrogens is 174 g/mol. The van der Waals surface area contributed by atoms with E-state index in [2.05, 4.69) is 36.5 Å². The van der Waals surface area contributed by atoms with E-state index < -0.39 is 0 Å². The van der Waals surface area contributed by atoms with Crippen LogP contribution in [0.25, 0.3) is 0 Å². The summed E-state index contributed by atoms with van der Waals surface area (Å²) in [6.07, 6.45) is 2.81. The first-order chi connectivity index (χ1) is 6.84. The van der Waals surface area contributed by atoms with E-state index in [-0.39, 0.29) is 0 Å². The van der Waals surface area contributed by atoms with Gasteiger partial charge < -0.3 is 10.1 Å². The van der Waals surface area contributed by atoms with Crippen LogP contribution in [0.3, 0.4) is 0 Å². The Bertz CT molecular complexity index is 292. The molecule has 0 unspecified atom stereocenters. The molecule has 2 heteroatoms. The van der Waals surface area contributed by atoms with Crippen molar-refractivity contribution >= 4 is 5.69 Å². The molecule has 0 aliphatic carbocycles. The number of anilines is 1. The summed E-state index contributed by atoms with van der Waals surface area (Å²) >= 11 is 0. The molecule has 1 N–H and O–H groups in total. The average Bonchev–Trinajstić information content (AvgIpc) is 2.67. The summed E-state index contributed by atoms with van der Waals surface area (Å²) in [5.74, 6) is 0. The molecule has 1 heterocycles. The van der Waals surface area contributed by atoms with Crippen LogP contribution in [0.1, 0.15) is 18.4 Å². The SMILES string of the molecule is Cc1cccc(NC[C@H]2CCCO2)c1. The summed E-state index contributed by atoms with van der Waals surface area (Å²) in [6, 6.07) is 8.45. The van der Waals surface area contributed by atoms with Crippen molar-refractivity contribution in [3.63, 3.8) is 0 Å². The Morgan fingerprint density at radius 1 is 1.50 bits per heavy atom. The molecule has 76 valence electrons. The van der Waals surface area contributed by atoms with Crippen molar-refractivity contribution < 1.29 is 4.74 Å². The molecule has 0 bridgehead atoms. The van der Waals surface area contributed by atoms with Gasteiger partial charge in [-0.15, -0.1) is 0 Å². The number of hydrogen-bond acceptors (Lipinski definition) is 2. The summed E-state index contributed by atoms with van der Waals surface area (Å²) in [7, 11) is 0. The van der Waals surface area contributed by atoms with Gasteiger partial charge in [-0.25, -0.2) is 0 Å². The molecule has 0 aromatic heterocycles. The van der Waals surface area contributed by atoms with Crippen molar-refractivity contribution in [2.45, 2.75) is 25.9 Å². The van der Waals surface area contributed by atoms with Gasteiger partial charge in [0.1, 0.15) is 0 Å². The minimum Gasteiger partial charge on any atom is -0.382 e. The second-order valence-electron chi connectivity index (χ2n) is 3.89. The second-order valence-corrected chi connectivity index (χ2v) is 3.89. The molecule has 0 amide bonds. The Labute approximate surface area is 85.3 Å².